The van der Waals surface area contributed by atoms with E-state index in [9.17, 15) is 9.90 Å². The predicted molar refractivity (Wildman–Crippen MR) is 101 cm³/mol. The fraction of sp³-hybridized carbons (Fsp3) is 0.889. The molecule has 0 spiro atoms. The molecule has 1 aliphatic heterocycles. The Hall–Kier alpha value is -1.50. The van der Waals surface area contributed by atoms with Gasteiger partial charge in [-0.2, -0.15) is 0 Å². The zero-order valence-corrected chi connectivity index (χ0v) is 16.3. The number of aliphatic imine (C=N–C) groups is 1. The molecule has 0 saturated carbocycles. The van der Waals surface area contributed by atoms with Crippen LogP contribution in [0.5, 0.6) is 0 Å². The third-order valence-corrected chi connectivity index (χ3v) is 5.33. The second-order valence-corrected chi connectivity index (χ2v) is 6.75. The lowest BCUT2D eigenvalue weighted by Gasteiger charge is -2.33. The molecule has 1 amide bonds. The molecule has 0 aromatic heterocycles. The monoisotopic (exact) mass is 356 g/mol. The number of piperidine rings is 1. The summed E-state index contributed by atoms with van der Waals surface area (Å²) < 4.78 is 4.78. The van der Waals surface area contributed by atoms with E-state index in [1.165, 1.54) is 7.11 Å². The quantitative estimate of drug-likeness (QED) is 0.457. The van der Waals surface area contributed by atoms with Gasteiger partial charge in [0.2, 0.25) is 0 Å². The smallest absolute Gasteiger partial charge is 0.409 e. The van der Waals surface area contributed by atoms with E-state index in [4.69, 9.17) is 9.73 Å². The maximum atomic E-state index is 11.6. The number of hydrogen-bond acceptors (Lipinski definition) is 4. The Labute approximate surface area is 152 Å². The minimum atomic E-state index is -0.251. The first-order chi connectivity index (χ1) is 12.0. The van der Waals surface area contributed by atoms with Gasteiger partial charge in [-0.1, -0.05) is 13.8 Å². The second kappa shape index (κ2) is 11.2. The molecule has 1 aliphatic rings. The summed E-state index contributed by atoms with van der Waals surface area (Å²) in [6, 6.07) is 0.300. The fourth-order valence-electron chi connectivity index (χ4n) is 3.24. The zero-order chi connectivity index (χ0) is 18.7. The summed E-state index contributed by atoms with van der Waals surface area (Å²) in [5, 5.41) is 16.2. The molecule has 7 nitrogen and oxygen atoms in total. The molecule has 1 heterocycles. The number of likely N-dealkylation sites (tertiary alicyclic amines) is 1. The van der Waals surface area contributed by atoms with Gasteiger partial charge in [0.05, 0.1) is 7.11 Å². The lowest BCUT2D eigenvalue weighted by Crippen LogP contribution is -2.50. The van der Waals surface area contributed by atoms with Crippen LogP contribution in [0.2, 0.25) is 0 Å². The number of carbonyl (C=O) groups excluding carboxylic acids is 1. The van der Waals surface area contributed by atoms with E-state index >= 15 is 0 Å². The van der Waals surface area contributed by atoms with Gasteiger partial charge in [0, 0.05) is 38.8 Å². The Kier molecular flexibility index (Phi) is 9.63. The third-order valence-electron chi connectivity index (χ3n) is 5.33. The van der Waals surface area contributed by atoms with E-state index in [1.807, 2.05) is 0 Å². The van der Waals surface area contributed by atoms with E-state index in [1.54, 1.807) is 4.90 Å². The molecule has 1 rings (SSSR count). The van der Waals surface area contributed by atoms with Crippen LogP contribution in [0.4, 0.5) is 4.79 Å². The van der Waals surface area contributed by atoms with E-state index in [2.05, 4.69) is 31.4 Å². The lowest BCUT2D eigenvalue weighted by molar-refractivity contribution is 0.111. The summed E-state index contributed by atoms with van der Waals surface area (Å²) >= 11 is 0. The summed E-state index contributed by atoms with van der Waals surface area (Å²) in [6.07, 6.45) is 4.29. The van der Waals surface area contributed by atoms with Gasteiger partial charge < -0.3 is 25.4 Å². The van der Waals surface area contributed by atoms with Crippen LogP contribution >= 0.6 is 0 Å². The van der Waals surface area contributed by atoms with Crippen molar-refractivity contribution in [2.75, 3.05) is 39.9 Å². The maximum absolute atomic E-state index is 11.6. The van der Waals surface area contributed by atoms with Gasteiger partial charge >= 0.3 is 6.09 Å². The molecule has 1 fully saturated rings. The molecular weight excluding hydrogens is 320 g/mol. The number of carbonyl (C=O) groups is 1. The second-order valence-electron chi connectivity index (χ2n) is 6.75. The van der Waals surface area contributed by atoms with E-state index < -0.39 is 0 Å². The minimum absolute atomic E-state index is 0.0609. The number of hydrogen-bond donors (Lipinski definition) is 3. The zero-order valence-electron chi connectivity index (χ0n) is 16.3. The number of aliphatic hydroxyl groups is 1. The van der Waals surface area contributed by atoms with Crippen LogP contribution in [0, 0.1) is 5.41 Å². The molecular formula is C18H36N4O3. The topological polar surface area (TPSA) is 86.2 Å². The van der Waals surface area contributed by atoms with Crippen molar-refractivity contribution < 1.29 is 14.6 Å². The summed E-state index contributed by atoms with van der Waals surface area (Å²) in [4.78, 5) is 18.1. The average Bonchev–Trinajstić information content (AvgIpc) is 2.65. The summed E-state index contributed by atoms with van der Waals surface area (Å²) in [6.45, 7) is 9.49. The fourth-order valence-corrected chi connectivity index (χ4v) is 3.24. The molecule has 0 radical (unpaired) electrons. The van der Waals surface area contributed by atoms with Gasteiger partial charge in [-0.05, 0) is 44.4 Å². The van der Waals surface area contributed by atoms with Gasteiger partial charge in [-0.3, -0.25) is 4.99 Å². The Morgan fingerprint density at radius 1 is 1.28 bits per heavy atom. The van der Waals surface area contributed by atoms with Crippen LogP contribution < -0.4 is 10.6 Å². The number of aliphatic hydroxyl groups excluding tert-OH is 1. The molecule has 0 aliphatic carbocycles. The minimum Gasteiger partial charge on any atom is -0.453 e. The van der Waals surface area contributed by atoms with Crippen molar-refractivity contribution in [3.05, 3.63) is 0 Å². The van der Waals surface area contributed by atoms with Crippen molar-refractivity contribution in [3.63, 3.8) is 0 Å². The van der Waals surface area contributed by atoms with Crippen molar-refractivity contribution in [2.24, 2.45) is 10.4 Å². The normalized spacial score (nSPS) is 16.7. The van der Waals surface area contributed by atoms with Gasteiger partial charge in [-0.25, -0.2) is 4.79 Å². The standard InChI is InChI=1S/C18H36N4O3/c1-5-18(6-2,10-13-23)14-20-16(19-7-3)21-15-8-11-22(12-9-15)17(24)25-4/h15,23H,5-14H2,1-4H3,(H2,19,20,21). The van der Waals surface area contributed by atoms with Crippen LogP contribution in [0.25, 0.3) is 0 Å². The molecule has 7 heteroatoms. The van der Waals surface area contributed by atoms with Gasteiger partial charge in [-0.15, -0.1) is 0 Å². The number of nitrogens with one attached hydrogen (secondary N) is 2. The van der Waals surface area contributed by atoms with Crippen molar-refractivity contribution in [1.82, 2.24) is 15.5 Å². The molecule has 3 N–H and O–H groups in total. The Bertz CT molecular complexity index is 417. The molecule has 146 valence electrons. The SMILES string of the molecule is CCNC(=NCC(CC)(CC)CCO)NC1CCN(C(=O)OC)CC1. The Morgan fingerprint density at radius 3 is 2.40 bits per heavy atom. The predicted octanol–water partition coefficient (Wildman–Crippen LogP) is 1.96. The number of guanidine groups is 1. The summed E-state index contributed by atoms with van der Waals surface area (Å²) in [7, 11) is 1.42. The molecule has 1 saturated heterocycles. The molecule has 0 atom stereocenters. The molecule has 0 bridgehead atoms. The number of nitrogens with zero attached hydrogens (tertiary/aromatic N) is 2. The number of methoxy groups -OCH3 is 1. The van der Waals surface area contributed by atoms with Crippen molar-refractivity contribution in [3.8, 4) is 0 Å². The molecule has 0 aromatic carbocycles. The van der Waals surface area contributed by atoms with Crippen LogP contribution in [-0.2, 0) is 4.74 Å². The van der Waals surface area contributed by atoms with Crippen LogP contribution in [0.3, 0.4) is 0 Å². The van der Waals surface area contributed by atoms with E-state index in [0.29, 0.717) is 25.7 Å². The highest BCUT2D eigenvalue weighted by Gasteiger charge is 2.26. The van der Waals surface area contributed by atoms with Crippen molar-refractivity contribution in [2.45, 2.75) is 58.9 Å². The number of rotatable bonds is 8. The lowest BCUT2D eigenvalue weighted by atomic mass is 9.79. The van der Waals surface area contributed by atoms with Crippen molar-refractivity contribution >= 4 is 12.1 Å². The number of amides is 1. The molecule has 25 heavy (non-hydrogen) atoms. The van der Waals surface area contributed by atoms with Gasteiger partial charge in [0.1, 0.15) is 0 Å². The first-order valence-corrected chi connectivity index (χ1v) is 9.52. The Balaban J connectivity index is 2.63. The molecule has 0 unspecified atom stereocenters. The van der Waals surface area contributed by atoms with Gasteiger partial charge in [0.25, 0.3) is 0 Å². The summed E-state index contributed by atoms with van der Waals surface area (Å²) in [5.74, 6) is 0.822. The summed E-state index contributed by atoms with van der Waals surface area (Å²) in [5.41, 5.74) is 0.0609. The van der Waals surface area contributed by atoms with E-state index in [0.717, 1.165) is 44.6 Å². The maximum Gasteiger partial charge on any atom is 0.409 e. The van der Waals surface area contributed by atoms with Gasteiger partial charge in [0.15, 0.2) is 5.96 Å². The molecule has 0 aromatic rings. The van der Waals surface area contributed by atoms with Crippen LogP contribution in [0.1, 0.15) is 52.9 Å². The first-order valence-electron chi connectivity index (χ1n) is 9.52. The average molecular weight is 357 g/mol. The van der Waals surface area contributed by atoms with E-state index in [-0.39, 0.29) is 18.1 Å². The van der Waals surface area contributed by atoms with Crippen LogP contribution in [-0.4, -0.2) is 68.0 Å². The van der Waals surface area contributed by atoms with Crippen molar-refractivity contribution in [1.29, 1.82) is 0 Å². The number of ether oxygens (including phenoxy) is 1. The highest BCUT2D eigenvalue weighted by Crippen LogP contribution is 2.30. The highest BCUT2D eigenvalue weighted by molar-refractivity contribution is 5.80. The third kappa shape index (κ3) is 6.72. The first kappa shape index (κ1) is 21.5. The largest absolute Gasteiger partial charge is 0.453 e. The van der Waals surface area contributed by atoms with Crippen LogP contribution in [0.15, 0.2) is 4.99 Å². The highest BCUT2D eigenvalue weighted by atomic mass is 16.5. The Morgan fingerprint density at radius 2 is 1.92 bits per heavy atom.